The van der Waals surface area contributed by atoms with Gasteiger partial charge in [0.1, 0.15) is 13.1 Å². The molecule has 0 amide bonds. The lowest BCUT2D eigenvalue weighted by Crippen LogP contribution is -2.33. The Morgan fingerprint density at radius 2 is 1.00 bits per heavy atom. The molecule has 12 heteroatoms. The van der Waals surface area contributed by atoms with Crippen LogP contribution in [0.25, 0.3) is 11.1 Å². The summed E-state index contributed by atoms with van der Waals surface area (Å²) in [5.74, 6) is 0. The van der Waals surface area contributed by atoms with Gasteiger partial charge >= 0.3 is 2.85 Å². The number of hydrogen-bond donors (Lipinski definition) is 0. The van der Waals surface area contributed by atoms with Crippen LogP contribution in [0.1, 0.15) is 28.5 Å². The van der Waals surface area contributed by atoms with Gasteiger partial charge in [0.2, 0.25) is 20.8 Å². The molecule has 0 aliphatic rings. The molecule has 0 atom stereocenters. The molecule has 0 fully saturated rings. The summed E-state index contributed by atoms with van der Waals surface area (Å²) in [5.41, 5.74) is 2.07. The average molecular weight is 463 g/mol. The number of hydrogen-bond acceptors (Lipinski definition) is 8. The first-order chi connectivity index (χ1) is 14.1. The summed E-state index contributed by atoms with van der Waals surface area (Å²) in [7, 11) is -9.24. The van der Waals surface area contributed by atoms with E-state index < -0.39 is 20.8 Å². The van der Waals surface area contributed by atoms with Crippen LogP contribution in [0.2, 0.25) is 0 Å². The van der Waals surface area contributed by atoms with Gasteiger partial charge in [-0.05, 0) is 24.0 Å². The van der Waals surface area contributed by atoms with Crippen LogP contribution in [0.3, 0.4) is 0 Å². The molecule has 0 aliphatic heterocycles. The number of aromatic nitrogens is 2. The van der Waals surface area contributed by atoms with E-state index >= 15 is 0 Å². The van der Waals surface area contributed by atoms with E-state index in [9.17, 15) is 25.9 Å². The second-order valence-corrected chi connectivity index (χ2v) is 8.63. The molecule has 2 rings (SSSR count). The van der Waals surface area contributed by atoms with Gasteiger partial charge in [0.15, 0.2) is 24.8 Å². The van der Waals surface area contributed by atoms with E-state index in [0.29, 0.717) is 38.8 Å². The fourth-order valence-electron chi connectivity index (χ4n) is 2.71. The van der Waals surface area contributed by atoms with Crippen LogP contribution < -0.4 is 9.13 Å². The first-order valence-electron chi connectivity index (χ1n) is 9.31. The van der Waals surface area contributed by atoms with Crippen LogP contribution in [0, 0.1) is 0 Å². The molecule has 10 nitrogen and oxygen atoms in total. The SMILES string of the molecule is O=S(=O)([O-])OCCCC[n+]1ccc(-c2cc[n+](CCCCOS(=O)(=O)[O-])cc2)cc1.[H+].[H+]. The van der Waals surface area contributed by atoms with Crippen molar-refractivity contribution in [3.8, 4) is 11.1 Å². The van der Waals surface area contributed by atoms with Gasteiger partial charge < -0.3 is 9.11 Å². The lowest BCUT2D eigenvalue weighted by atomic mass is 10.1. The van der Waals surface area contributed by atoms with Crippen molar-refractivity contribution in [1.82, 2.24) is 0 Å². The van der Waals surface area contributed by atoms with Crippen molar-refractivity contribution in [3.63, 3.8) is 0 Å². The molecular formula is C18H26N2O8S2+2. The minimum atomic E-state index is -4.62. The molecule has 30 heavy (non-hydrogen) atoms. The highest BCUT2D eigenvalue weighted by Gasteiger charge is 2.06. The maximum absolute atomic E-state index is 10.3. The zero-order valence-electron chi connectivity index (χ0n) is 18.3. The first-order valence-corrected chi connectivity index (χ1v) is 12.0. The van der Waals surface area contributed by atoms with Crippen molar-refractivity contribution in [2.24, 2.45) is 0 Å². The zero-order chi connectivity index (χ0) is 22.0. The summed E-state index contributed by atoms with van der Waals surface area (Å²) < 4.78 is 74.3. The van der Waals surface area contributed by atoms with Crippen LogP contribution in [0.4, 0.5) is 0 Å². The third kappa shape index (κ3) is 10.2. The van der Waals surface area contributed by atoms with E-state index in [1.165, 1.54) is 0 Å². The zero-order valence-corrected chi connectivity index (χ0v) is 17.9. The van der Waals surface area contributed by atoms with Crippen molar-refractivity contribution in [2.75, 3.05) is 13.2 Å². The Labute approximate surface area is 179 Å². The van der Waals surface area contributed by atoms with E-state index in [2.05, 4.69) is 8.37 Å². The number of unbranched alkanes of at least 4 members (excludes halogenated alkanes) is 2. The highest BCUT2D eigenvalue weighted by atomic mass is 32.3. The number of nitrogens with zero attached hydrogens (tertiary/aromatic N) is 2. The normalized spacial score (nSPS) is 12.2. The van der Waals surface area contributed by atoms with Crippen molar-refractivity contribution < 1.29 is 46.3 Å². The summed E-state index contributed by atoms with van der Waals surface area (Å²) in [4.78, 5) is 0. The maximum Gasteiger partial charge on any atom is 1.00 e. The molecule has 0 unspecified atom stereocenters. The summed E-state index contributed by atoms with van der Waals surface area (Å²) in [6, 6.07) is 7.88. The van der Waals surface area contributed by atoms with Crippen LogP contribution in [-0.2, 0) is 42.3 Å². The average Bonchev–Trinajstić information content (AvgIpc) is 2.67. The predicted molar refractivity (Wildman–Crippen MR) is 104 cm³/mol. The lowest BCUT2D eigenvalue weighted by molar-refractivity contribution is -0.697. The summed E-state index contributed by atoms with van der Waals surface area (Å²) in [5, 5.41) is 0. The monoisotopic (exact) mass is 462 g/mol. The molecular weight excluding hydrogens is 436 g/mol. The van der Waals surface area contributed by atoms with E-state index in [0.717, 1.165) is 11.1 Å². The fraction of sp³-hybridized carbons (Fsp3) is 0.444. The van der Waals surface area contributed by atoms with E-state index in [1.807, 2.05) is 58.2 Å². The standard InChI is InChI=1S/C18H24N2O8S2/c21-29(22,23)27-15-3-1-9-19-11-5-17(6-12-19)18-7-13-20(14-8-18)10-2-4-16-28-30(24,25)26/h5-8,11-14H,1-4,9-10,15-16H2/p+2. The Bertz CT molecular complexity index is 919. The lowest BCUT2D eigenvalue weighted by Gasteiger charge is -2.06. The third-order valence-electron chi connectivity index (χ3n) is 4.19. The molecule has 2 aromatic heterocycles. The van der Waals surface area contributed by atoms with E-state index in [-0.39, 0.29) is 16.1 Å². The second kappa shape index (κ2) is 11.4. The largest absolute Gasteiger partial charge is 1.00 e. The fourth-order valence-corrected chi connectivity index (χ4v) is 3.36. The minimum Gasteiger partial charge on any atom is -0.726 e. The quantitative estimate of drug-likeness (QED) is 0.183. The van der Waals surface area contributed by atoms with Gasteiger partial charge in [0.25, 0.3) is 0 Å². The number of rotatable bonds is 13. The van der Waals surface area contributed by atoms with Gasteiger partial charge in [-0.3, -0.25) is 8.37 Å². The van der Waals surface area contributed by atoms with Gasteiger partial charge in [0, 0.05) is 37.1 Å². The van der Waals surface area contributed by atoms with Crippen LogP contribution in [0.15, 0.2) is 49.1 Å². The van der Waals surface area contributed by atoms with Crippen molar-refractivity contribution in [3.05, 3.63) is 49.1 Å². The van der Waals surface area contributed by atoms with E-state index in [4.69, 9.17) is 0 Å². The van der Waals surface area contributed by atoms with Gasteiger partial charge in [-0.15, -0.1) is 0 Å². The molecule has 0 saturated carbocycles. The molecule has 2 aromatic rings. The van der Waals surface area contributed by atoms with Gasteiger partial charge in [-0.2, -0.15) is 0 Å². The molecule has 0 N–H and O–H groups in total. The molecule has 0 aromatic carbocycles. The summed E-state index contributed by atoms with van der Waals surface area (Å²) >= 11 is 0. The van der Waals surface area contributed by atoms with Gasteiger partial charge in [-0.25, -0.2) is 26.0 Å². The minimum absolute atomic E-state index is 0. The van der Waals surface area contributed by atoms with Gasteiger partial charge in [0.05, 0.1) is 13.2 Å². The summed E-state index contributed by atoms with van der Waals surface area (Å²) in [6.45, 7) is 1.13. The number of pyridine rings is 2. The van der Waals surface area contributed by atoms with Crippen molar-refractivity contribution in [1.29, 1.82) is 0 Å². The molecule has 0 bridgehead atoms. The molecule has 0 aliphatic carbocycles. The van der Waals surface area contributed by atoms with Crippen LogP contribution >= 0.6 is 0 Å². The predicted octanol–water partition coefficient (Wildman–Crippen LogP) is 0.668. The van der Waals surface area contributed by atoms with Crippen LogP contribution in [-0.4, -0.2) is 39.2 Å². The second-order valence-electron chi connectivity index (χ2n) is 6.52. The Morgan fingerprint density at radius 1 is 0.667 bits per heavy atom. The maximum atomic E-state index is 10.3. The number of aryl methyl sites for hydroxylation is 2. The molecule has 166 valence electrons. The Kier molecular flexibility index (Phi) is 9.27. The van der Waals surface area contributed by atoms with Gasteiger partial charge in [-0.1, -0.05) is 0 Å². The Morgan fingerprint density at radius 3 is 1.30 bits per heavy atom. The van der Waals surface area contributed by atoms with Crippen molar-refractivity contribution in [2.45, 2.75) is 38.8 Å². The highest BCUT2D eigenvalue weighted by molar-refractivity contribution is 7.81. The first kappa shape index (κ1) is 24.3. The van der Waals surface area contributed by atoms with E-state index in [1.54, 1.807) is 0 Å². The van der Waals surface area contributed by atoms with Crippen LogP contribution in [0.5, 0.6) is 0 Å². The molecule has 0 spiro atoms. The molecule has 0 radical (unpaired) electrons. The highest BCUT2D eigenvalue weighted by Crippen LogP contribution is 2.15. The van der Waals surface area contributed by atoms with Crippen molar-refractivity contribution >= 4 is 20.8 Å². The smallest absolute Gasteiger partial charge is 0.726 e. The Hall–Kier alpha value is -1.96. The molecule has 0 saturated heterocycles. The third-order valence-corrected chi connectivity index (χ3v) is 5.10. The Balaban J connectivity index is 0.00000480. The summed E-state index contributed by atoms with van der Waals surface area (Å²) in [6.07, 6.45) is 9.98. The topological polar surface area (TPSA) is 141 Å². The molecule has 2 heterocycles.